The molecule has 0 radical (unpaired) electrons. The van der Waals surface area contributed by atoms with E-state index in [0.717, 1.165) is 12.1 Å². The highest BCUT2D eigenvalue weighted by atomic mass is 32.2. The molecule has 0 amide bonds. The summed E-state index contributed by atoms with van der Waals surface area (Å²) in [6.07, 6.45) is 1.54. The van der Waals surface area contributed by atoms with Gasteiger partial charge in [0.15, 0.2) is 0 Å². The van der Waals surface area contributed by atoms with E-state index >= 15 is 0 Å². The number of halogens is 2. The van der Waals surface area contributed by atoms with Crippen LogP contribution in [0.3, 0.4) is 0 Å². The molecule has 3 rings (SSSR count). The summed E-state index contributed by atoms with van der Waals surface area (Å²) in [6, 6.07) is 15.7. The van der Waals surface area contributed by atoms with Crippen molar-refractivity contribution in [1.29, 1.82) is 0 Å². The molecule has 0 saturated carbocycles. The molecule has 3 aromatic carbocycles. The first-order valence-corrected chi connectivity index (χ1v) is 10.6. The van der Waals surface area contributed by atoms with Gasteiger partial charge in [0, 0.05) is 6.07 Å². The van der Waals surface area contributed by atoms with Gasteiger partial charge in [-0.1, -0.05) is 36.4 Å². The fourth-order valence-corrected chi connectivity index (χ4v) is 4.31. The van der Waals surface area contributed by atoms with E-state index in [2.05, 4.69) is 4.72 Å². The standard InChI is InChI=1S/C22H19F2NO4S/c23-17-12-13-21(19(24)14-17)30(28,29)25-20-11-4-2-7-16(20)9-5-8-15-6-1-3-10-18(15)22(26)27/h1-4,6-7,10-14,25H,5,8-9H2,(H,26,27). The summed E-state index contributed by atoms with van der Waals surface area (Å²) < 4.78 is 54.5. The van der Waals surface area contributed by atoms with E-state index in [-0.39, 0.29) is 11.3 Å². The van der Waals surface area contributed by atoms with Crippen molar-refractivity contribution >= 4 is 21.7 Å². The van der Waals surface area contributed by atoms with Crippen molar-refractivity contribution in [3.63, 3.8) is 0 Å². The highest BCUT2D eigenvalue weighted by molar-refractivity contribution is 7.92. The number of carbonyl (C=O) groups is 1. The summed E-state index contributed by atoms with van der Waals surface area (Å²) >= 11 is 0. The van der Waals surface area contributed by atoms with Crippen LogP contribution in [-0.2, 0) is 22.9 Å². The van der Waals surface area contributed by atoms with Gasteiger partial charge in [0.1, 0.15) is 16.5 Å². The van der Waals surface area contributed by atoms with Crippen molar-refractivity contribution in [2.75, 3.05) is 4.72 Å². The van der Waals surface area contributed by atoms with Gasteiger partial charge < -0.3 is 5.11 Å². The lowest BCUT2D eigenvalue weighted by Gasteiger charge is -2.13. The molecule has 0 aromatic heterocycles. The molecule has 0 aliphatic heterocycles. The van der Waals surface area contributed by atoms with E-state index in [1.807, 2.05) is 0 Å². The first kappa shape index (κ1) is 21.4. The normalized spacial score (nSPS) is 11.3. The summed E-state index contributed by atoms with van der Waals surface area (Å²) in [4.78, 5) is 10.7. The summed E-state index contributed by atoms with van der Waals surface area (Å²) in [5.41, 5.74) is 1.89. The molecule has 5 nitrogen and oxygen atoms in total. The lowest BCUT2D eigenvalue weighted by molar-refractivity contribution is 0.0695. The third-order valence-corrected chi connectivity index (χ3v) is 5.98. The molecule has 30 heavy (non-hydrogen) atoms. The highest BCUT2D eigenvalue weighted by Crippen LogP contribution is 2.24. The van der Waals surface area contributed by atoms with Crippen molar-refractivity contribution < 1.29 is 27.1 Å². The van der Waals surface area contributed by atoms with Gasteiger partial charge in [-0.05, 0) is 54.7 Å². The van der Waals surface area contributed by atoms with E-state index in [1.165, 1.54) is 6.07 Å². The lowest BCUT2D eigenvalue weighted by Crippen LogP contribution is -2.16. The first-order chi connectivity index (χ1) is 14.3. The maximum absolute atomic E-state index is 13.9. The minimum atomic E-state index is -4.25. The monoisotopic (exact) mass is 431 g/mol. The molecule has 0 saturated heterocycles. The Bertz CT molecular complexity index is 1180. The third-order valence-electron chi connectivity index (χ3n) is 4.59. The fourth-order valence-electron chi connectivity index (χ4n) is 3.15. The van der Waals surface area contributed by atoms with Crippen LogP contribution in [0.4, 0.5) is 14.5 Å². The number of sulfonamides is 1. The van der Waals surface area contributed by atoms with Crippen LogP contribution in [0.25, 0.3) is 0 Å². The predicted octanol–water partition coefficient (Wildman–Crippen LogP) is 4.64. The summed E-state index contributed by atoms with van der Waals surface area (Å²) in [6.45, 7) is 0. The maximum atomic E-state index is 13.9. The van der Waals surface area contributed by atoms with Crippen LogP contribution in [0.1, 0.15) is 27.9 Å². The predicted molar refractivity (Wildman–Crippen MR) is 109 cm³/mol. The van der Waals surface area contributed by atoms with E-state index in [9.17, 15) is 27.1 Å². The average molecular weight is 431 g/mol. The Morgan fingerprint density at radius 2 is 1.53 bits per heavy atom. The van der Waals surface area contributed by atoms with Gasteiger partial charge >= 0.3 is 5.97 Å². The van der Waals surface area contributed by atoms with Crippen LogP contribution in [-0.4, -0.2) is 19.5 Å². The molecule has 2 N–H and O–H groups in total. The van der Waals surface area contributed by atoms with Crippen LogP contribution < -0.4 is 4.72 Å². The van der Waals surface area contributed by atoms with Gasteiger partial charge in [0.2, 0.25) is 0 Å². The van der Waals surface area contributed by atoms with Crippen molar-refractivity contribution in [3.8, 4) is 0 Å². The summed E-state index contributed by atoms with van der Waals surface area (Å²) in [5.74, 6) is -3.04. The van der Waals surface area contributed by atoms with E-state index in [1.54, 1.807) is 42.5 Å². The second-order valence-corrected chi connectivity index (χ2v) is 8.30. The van der Waals surface area contributed by atoms with Gasteiger partial charge in [-0.15, -0.1) is 0 Å². The number of rotatable bonds is 8. The maximum Gasteiger partial charge on any atom is 0.335 e. The number of nitrogens with one attached hydrogen (secondary N) is 1. The Labute approximate surface area is 173 Å². The molecule has 8 heteroatoms. The Morgan fingerprint density at radius 1 is 0.900 bits per heavy atom. The number of carboxylic acids is 1. The minimum absolute atomic E-state index is 0.235. The molecule has 0 bridgehead atoms. The molecular weight excluding hydrogens is 412 g/mol. The molecule has 0 heterocycles. The lowest BCUT2D eigenvalue weighted by atomic mass is 9.99. The van der Waals surface area contributed by atoms with Gasteiger partial charge in [0.25, 0.3) is 10.0 Å². The third kappa shape index (κ3) is 5.01. The Kier molecular flexibility index (Phi) is 6.47. The zero-order valence-electron chi connectivity index (χ0n) is 15.8. The highest BCUT2D eigenvalue weighted by Gasteiger charge is 2.20. The van der Waals surface area contributed by atoms with Crippen LogP contribution in [0, 0.1) is 11.6 Å². The molecule has 156 valence electrons. The van der Waals surface area contributed by atoms with Crippen molar-refractivity contribution in [2.24, 2.45) is 0 Å². The Morgan fingerprint density at radius 3 is 2.23 bits per heavy atom. The minimum Gasteiger partial charge on any atom is -0.478 e. The molecular formula is C22H19F2NO4S. The van der Waals surface area contributed by atoms with Crippen LogP contribution >= 0.6 is 0 Å². The largest absolute Gasteiger partial charge is 0.478 e. The number of aromatic carboxylic acids is 1. The van der Waals surface area contributed by atoms with Crippen LogP contribution in [0.5, 0.6) is 0 Å². The topological polar surface area (TPSA) is 83.5 Å². The zero-order valence-corrected chi connectivity index (χ0v) is 16.6. The van der Waals surface area contributed by atoms with Crippen LogP contribution in [0.15, 0.2) is 71.6 Å². The Hall–Kier alpha value is -3.26. The molecule has 0 atom stereocenters. The van der Waals surface area contributed by atoms with Crippen molar-refractivity contribution in [1.82, 2.24) is 0 Å². The SMILES string of the molecule is O=C(O)c1ccccc1CCCc1ccccc1NS(=O)(=O)c1ccc(F)cc1F. The number of aryl methyl sites for hydroxylation is 2. The number of anilines is 1. The van der Waals surface area contributed by atoms with Gasteiger partial charge in [0.05, 0.1) is 11.3 Å². The number of para-hydroxylation sites is 1. The van der Waals surface area contributed by atoms with Gasteiger partial charge in [-0.25, -0.2) is 22.0 Å². The van der Waals surface area contributed by atoms with E-state index in [0.29, 0.717) is 36.5 Å². The smallest absolute Gasteiger partial charge is 0.335 e. The van der Waals surface area contributed by atoms with E-state index < -0.39 is 32.5 Å². The van der Waals surface area contributed by atoms with Gasteiger partial charge in [-0.3, -0.25) is 4.72 Å². The molecule has 0 aliphatic carbocycles. The Balaban J connectivity index is 1.76. The fraction of sp³-hybridized carbons (Fsp3) is 0.136. The zero-order chi connectivity index (χ0) is 21.7. The second kappa shape index (κ2) is 9.04. The van der Waals surface area contributed by atoms with Crippen molar-refractivity contribution in [3.05, 3.63) is 95.1 Å². The molecule has 0 fully saturated rings. The molecule has 0 spiro atoms. The summed E-state index contributed by atoms with van der Waals surface area (Å²) in [7, 11) is -4.25. The number of carboxylic acid groups (broad SMARTS) is 1. The van der Waals surface area contributed by atoms with E-state index in [4.69, 9.17) is 0 Å². The average Bonchev–Trinajstić information content (AvgIpc) is 2.69. The summed E-state index contributed by atoms with van der Waals surface area (Å²) in [5, 5.41) is 9.27. The molecule has 0 aliphatic rings. The van der Waals surface area contributed by atoms with Crippen molar-refractivity contribution in [2.45, 2.75) is 24.2 Å². The quantitative estimate of drug-likeness (QED) is 0.544. The first-order valence-electron chi connectivity index (χ1n) is 9.15. The number of hydrogen-bond donors (Lipinski definition) is 2. The van der Waals surface area contributed by atoms with Crippen LogP contribution in [0.2, 0.25) is 0 Å². The number of benzene rings is 3. The molecule has 3 aromatic rings. The van der Waals surface area contributed by atoms with Gasteiger partial charge in [-0.2, -0.15) is 0 Å². The molecule has 0 unspecified atom stereocenters. The number of hydrogen-bond acceptors (Lipinski definition) is 3. The second-order valence-electron chi connectivity index (χ2n) is 6.65.